The number of rotatable bonds is 8. The van der Waals surface area contributed by atoms with Crippen LogP contribution < -0.4 is 16.3 Å². The molecule has 0 spiro atoms. The van der Waals surface area contributed by atoms with Gasteiger partial charge in [-0.15, -0.1) is 29.0 Å². The van der Waals surface area contributed by atoms with Crippen molar-refractivity contribution in [1.82, 2.24) is 0 Å². The Morgan fingerprint density at radius 1 is 1.09 bits per heavy atom. The van der Waals surface area contributed by atoms with E-state index in [9.17, 15) is 0 Å². The van der Waals surface area contributed by atoms with E-state index in [1.165, 1.54) is 31.7 Å². The van der Waals surface area contributed by atoms with Gasteiger partial charge in [-0.2, -0.15) is 5.10 Å². The number of hydrazone groups is 1. The van der Waals surface area contributed by atoms with E-state index in [0.29, 0.717) is 18.9 Å². The van der Waals surface area contributed by atoms with Crippen molar-refractivity contribution in [2.45, 2.75) is 37.7 Å². The van der Waals surface area contributed by atoms with Gasteiger partial charge in [-0.05, 0) is 84.1 Å². The van der Waals surface area contributed by atoms with Crippen molar-refractivity contribution in [3.8, 4) is 28.7 Å². The number of benzene rings is 3. The number of hydrogen-bond donors (Lipinski definition) is 2. The zero-order valence-corrected chi connectivity index (χ0v) is 21.8. The van der Waals surface area contributed by atoms with Crippen LogP contribution in [0.5, 0.6) is 5.75 Å². The minimum absolute atomic E-state index is 0.0470. The molecule has 1 heterocycles. The molecule has 0 saturated heterocycles. The fourth-order valence-electron chi connectivity index (χ4n) is 4.09. The van der Waals surface area contributed by atoms with E-state index in [2.05, 4.69) is 71.9 Å². The predicted octanol–water partition coefficient (Wildman–Crippen LogP) is 6.91. The van der Waals surface area contributed by atoms with Crippen LogP contribution in [0.25, 0.3) is 21.2 Å². The van der Waals surface area contributed by atoms with Crippen LogP contribution in [0, 0.1) is 18.8 Å². The van der Waals surface area contributed by atoms with Crippen LogP contribution in [0.3, 0.4) is 0 Å². The van der Waals surface area contributed by atoms with Gasteiger partial charge in [0.25, 0.3) is 0 Å². The highest BCUT2D eigenvalue weighted by molar-refractivity contribution is 7.98. The summed E-state index contributed by atoms with van der Waals surface area (Å²) in [5.41, 5.74) is 11.9. The van der Waals surface area contributed by atoms with Gasteiger partial charge in [0.2, 0.25) is 0 Å². The maximum absolute atomic E-state index is 6.11. The number of nitrogens with two attached hydrogens (primary N) is 2. The molecule has 4 N–H and O–H groups in total. The Labute approximate surface area is 215 Å². The van der Waals surface area contributed by atoms with Crippen molar-refractivity contribution in [2.75, 3.05) is 6.26 Å². The highest BCUT2D eigenvalue weighted by atomic mass is 32.2. The molecule has 0 amide bonds. The third-order valence-corrected chi connectivity index (χ3v) is 7.64. The van der Waals surface area contributed by atoms with Gasteiger partial charge in [0.05, 0.1) is 5.92 Å². The van der Waals surface area contributed by atoms with Gasteiger partial charge in [-0.3, -0.25) is 0 Å². The minimum atomic E-state index is -0.0470. The van der Waals surface area contributed by atoms with E-state index in [0.717, 1.165) is 16.9 Å². The fourth-order valence-corrected chi connectivity index (χ4v) is 5.53. The maximum atomic E-state index is 6.11. The van der Waals surface area contributed by atoms with E-state index < -0.39 is 0 Å². The average molecular weight is 500 g/mol. The molecule has 0 aliphatic carbocycles. The summed E-state index contributed by atoms with van der Waals surface area (Å²) in [5, 5.41) is 7.10. The standard InChI is InChI=1S/C29H29N3OS2/c1-4-5-22(16-29(30)32-31)21-7-9-23(10-8-21)33-17-20-6-13-28-26(15-20)27(18-35-28)25-12-11-24(34-3)14-19(25)2/h6-15,18,22H,16-17,31H2,1-3H3,(H2,30,32). The van der Waals surface area contributed by atoms with Crippen molar-refractivity contribution in [3.63, 3.8) is 0 Å². The highest BCUT2D eigenvalue weighted by Crippen LogP contribution is 2.37. The van der Waals surface area contributed by atoms with Crippen LogP contribution in [0.15, 0.2) is 76.0 Å². The molecule has 1 unspecified atom stereocenters. The first-order chi connectivity index (χ1) is 17.0. The summed E-state index contributed by atoms with van der Waals surface area (Å²) in [7, 11) is 0. The Bertz CT molecular complexity index is 1410. The Balaban J connectivity index is 1.50. The van der Waals surface area contributed by atoms with Crippen LogP contribution >= 0.6 is 23.1 Å². The second-order valence-electron chi connectivity index (χ2n) is 8.29. The van der Waals surface area contributed by atoms with Crippen LogP contribution in [0.1, 0.15) is 36.0 Å². The first-order valence-corrected chi connectivity index (χ1v) is 13.4. The number of hydrogen-bond acceptors (Lipinski definition) is 5. The molecule has 0 saturated carbocycles. The molecule has 0 bridgehead atoms. The predicted molar refractivity (Wildman–Crippen MR) is 151 cm³/mol. The minimum Gasteiger partial charge on any atom is -0.489 e. The van der Waals surface area contributed by atoms with Crippen LogP contribution in [-0.2, 0) is 6.61 Å². The second-order valence-corrected chi connectivity index (χ2v) is 10.1. The SMILES string of the molecule is CC#CC(C/C(N)=N/N)c1ccc(OCc2ccc3scc(-c4ccc(SC)cc4C)c3c2)cc1. The quantitative estimate of drug-likeness (QED) is 0.0690. The molecule has 6 heteroatoms. The Kier molecular flexibility index (Phi) is 8.02. The molecule has 0 radical (unpaired) electrons. The van der Waals surface area contributed by atoms with Gasteiger partial charge < -0.3 is 16.3 Å². The molecule has 4 rings (SSSR count). The molecule has 1 aromatic heterocycles. The molecule has 0 aliphatic rings. The zero-order valence-electron chi connectivity index (χ0n) is 20.2. The summed E-state index contributed by atoms with van der Waals surface area (Å²) in [6.45, 7) is 4.50. The summed E-state index contributed by atoms with van der Waals surface area (Å²) >= 11 is 3.55. The molecule has 4 aromatic rings. The third-order valence-electron chi connectivity index (χ3n) is 5.95. The second kappa shape index (κ2) is 11.4. The maximum Gasteiger partial charge on any atom is 0.120 e. The molecule has 0 fully saturated rings. The molecule has 0 aliphatic heterocycles. The van der Waals surface area contributed by atoms with Crippen LogP contribution in [0.4, 0.5) is 0 Å². The van der Waals surface area contributed by atoms with E-state index in [4.69, 9.17) is 16.3 Å². The summed E-state index contributed by atoms with van der Waals surface area (Å²) in [6, 6.07) is 21.3. The molecule has 35 heavy (non-hydrogen) atoms. The van der Waals surface area contributed by atoms with E-state index in [1.807, 2.05) is 31.2 Å². The molecular formula is C29H29N3OS2. The molecule has 4 nitrogen and oxygen atoms in total. The molecule has 3 aromatic carbocycles. The molecule has 178 valence electrons. The van der Waals surface area contributed by atoms with Gasteiger partial charge in [-0.1, -0.05) is 30.2 Å². The lowest BCUT2D eigenvalue weighted by Gasteiger charge is -2.12. The number of nitrogens with zero attached hydrogens (tertiary/aromatic N) is 1. The normalized spacial score (nSPS) is 12.3. The van der Waals surface area contributed by atoms with Gasteiger partial charge in [0.15, 0.2) is 0 Å². The Morgan fingerprint density at radius 3 is 2.57 bits per heavy atom. The fraction of sp³-hybridized carbons (Fsp3) is 0.207. The number of thiophene rings is 1. The van der Waals surface area contributed by atoms with Crippen LogP contribution in [-0.4, -0.2) is 12.1 Å². The summed E-state index contributed by atoms with van der Waals surface area (Å²) in [6.07, 6.45) is 2.61. The molecular weight excluding hydrogens is 470 g/mol. The smallest absolute Gasteiger partial charge is 0.120 e. The van der Waals surface area contributed by atoms with Crippen molar-refractivity contribution >= 4 is 39.0 Å². The first-order valence-electron chi connectivity index (χ1n) is 11.3. The van der Waals surface area contributed by atoms with Crippen molar-refractivity contribution < 1.29 is 4.74 Å². The highest BCUT2D eigenvalue weighted by Gasteiger charge is 2.12. The largest absolute Gasteiger partial charge is 0.489 e. The van der Waals surface area contributed by atoms with Crippen molar-refractivity contribution in [3.05, 3.63) is 82.7 Å². The first kappa shape index (κ1) is 24.7. The number of amidine groups is 1. The lowest BCUT2D eigenvalue weighted by molar-refractivity contribution is 0.306. The topological polar surface area (TPSA) is 73.6 Å². The van der Waals surface area contributed by atoms with Crippen molar-refractivity contribution in [2.24, 2.45) is 16.7 Å². The third kappa shape index (κ3) is 5.82. The summed E-state index contributed by atoms with van der Waals surface area (Å²) < 4.78 is 7.39. The van der Waals surface area contributed by atoms with Gasteiger partial charge >= 0.3 is 0 Å². The van der Waals surface area contributed by atoms with Crippen LogP contribution in [0.2, 0.25) is 0 Å². The zero-order chi connectivity index (χ0) is 24.8. The summed E-state index contributed by atoms with van der Waals surface area (Å²) in [4.78, 5) is 1.29. The van der Waals surface area contributed by atoms with E-state index in [1.54, 1.807) is 23.1 Å². The molecule has 1 atom stereocenters. The van der Waals surface area contributed by atoms with E-state index >= 15 is 0 Å². The van der Waals surface area contributed by atoms with Gasteiger partial charge in [0, 0.05) is 27.0 Å². The average Bonchev–Trinajstić information content (AvgIpc) is 3.30. The van der Waals surface area contributed by atoms with Gasteiger partial charge in [0.1, 0.15) is 18.2 Å². The number of aryl methyl sites for hydroxylation is 1. The number of thioether (sulfide) groups is 1. The lowest BCUT2D eigenvalue weighted by Crippen LogP contribution is -2.17. The summed E-state index contributed by atoms with van der Waals surface area (Å²) in [5.74, 6) is 12.6. The van der Waals surface area contributed by atoms with E-state index in [-0.39, 0.29) is 5.92 Å². The lowest BCUT2D eigenvalue weighted by atomic mass is 9.95. The Hall–Kier alpha value is -3.40. The van der Waals surface area contributed by atoms with Gasteiger partial charge in [-0.25, -0.2) is 0 Å². The number of fused-ring (bicyclic) bond motifs is 1. The monoisotopic (exact) mass is 499 g/mol. The van der Waals surface area contributed by atoms with Crippen molar-refractivity contribution in [1.29, 1.82) is 0 Å². The Morgan fingerprint density at radius 2 is 1.89 bits per heavy atom. The number of ether oxygens (including phenoxy) is 1.